The van der Waals surface area contributed by atoms with Gasteiger partial charge in [0, 0.05) is 23.0 Å². The van der Waals surface area contributed by atoms with Crippen molar-refractivity contribution < 1.29 is 19.3 Å². The van der Waals surface area contributed by atoms with Crippen LogP contribution >= 0.6 is 11.6 Å². The predicted molar refractivity (Wildman–Crippen MR) is 104 cm³/mol. The summed E-state index contributed by atoms with van der Waals surface area (Å²) >= 11 is 5.88. The third-order valence-corrected chi connectivity index (χ3v) is 4.34. The number of halogens is 1. The maximum absolute atomic E-state index is 9.81. The van der Waals surface area contributed by atoms with Crippen molar-refractivity contribution in [3.05, 3.63) is 35.9 Å². The molecule has 138 valence electrons. The van der Waals surface area contributed by atoms with Crippen LogP contribution in [0.5, 0.6) is 23.0 Å². The van der Waals surface area contributed by atoms with Gasteiger partial charge in [0.1, 0.15) is 11.6 Å². The van der Waals surface area contributed by atoms with Gasteiger partial charge in [0.15, 0.2) is 11.5 Å². The van der Waals surface area contributed by atoms with Crippen molar-refractivity contribution in [2.24, 2.45) is 0 Å². The molecule has 3 aromatic rings. The summed E-state index contributed by atoms with van der Waals surface area (Å²) in [4.78, 5) is 3.29. The lowest BCUT2D eigenvalue weighted by Gasteiger charge is -2.12. The quantitative estimate of drug-likeness (QED) is 0.532. The zero-order valence-electron chi connectivity index (χ0n) is 14.9. The summed E-state index contributed by atoms with van der Waals surface area (Å²) in [5.74, 6) is 3.09. The summed E-state index contributed by atoms with van der Waals surface area (Å²) in [6, 6.07) is 8.99. The van der Waals surface area contributed by atoms with Gasteiger partial charge in [-0.2, -0.15) is 0 Å². The highest BCUT2D eigenvalue weighted by atomic mass is 35.5. The lowest BCUT2D eigenvalue weighted by molar-refractivity contribution is 0.327. The second-order valence-electron chi connectivity index (χ2n) is 5.70. The number of rotatable bonds is 7. The van der Waals surface area contributed by atoms with Crippen LogP contribution in [0.3, 0.4) is 0 Å². The van der Waals surface area contributed by atoms with E-state index in [1.807, 2.05) is 18.2 Å². The zero-order valence-corrected chi connectivity index (χ0v) is 15.6. The number of aryl methyl sites for hydroxylation is 1. The van der Waals surface area contributed by atoms with Crippen LogP contribution in [-0.4, -0.2) is 37.3 Å². The summed E-state index contributed by atoms with van der Waals surface area (Å²) in [6.07, 6.45) is 0.690. The van der Waals surface area contributed by atoms with Crippen LogP contribution in [0, 0.1) is 0 Å². The Labute approximate surface area is 156 Å². The molecule has 6 nitrogen and oxygen atoms in total. The van der Waals surface area contributed by atoms with Gasteiger partial charge < -0.3 is 29.6 Å². The number of methoxy groups -OCH3 is 3. The van der Waals surface area contributed by atoms with Crippen molar-refractivity contribution in [2.45, 2.75) is 6.42 Å². The van der Waals surface area contributed by atoms with E-state index in [0.717, 1.165) is 28.0 Å². The van der Waals surface area contributed by atoms with Crippen molar-refractivity contribution in [3.8, 4) is 23.0 Å². The molecular weight excluding hydrogens is 356 g/mol. The fourth-order valence-corrected chi connectivity index (χ4v) is 3.16. The lowest BCUT2D eigenvalue weighted by atomic mass is 10.1. The molecule has 1 aromatic heterocycles. The fraction of sp³-hybridized carbons (Fsp3) is 0.263. The molecule has 0 amide bonds. The molecule has 0 aliphatic carbocycles. The smallest absolute Gasteiger partial charge is 0.205 e. The number of nitrogens with one attached hydrogen (secondary N) is 2. The van der Waals surface area contributed by atoms with Gasteiger partial charge >= 0.3 is 0 Å². The topological polar surface area (TPSA) is 75.7 Å². The maximum atomic E-state index is 9.81. The molecule has 3 N–H and O–H groups in total. The highest BCUT2D eigenvalue weighted by Gasteiger charge is 2.18. The van der Waals surface area contributed by atoms with Crippen LogP contribution in [0.4, 0.5) is 11.5 Å². The van der Waals surface area contributed by atoms with Crippen LogP contribution in [0.15, 0.2) is 30.3 Å². The van der Waals surface area contributed by atoms with Crippen LogP contribution in [-0.2, 0) is 6.42 Å². The molecule has 0 aliphatic rings. The molecule has 0 spiro atoms. The molecule has 26 heavy (non-hydrogen) atoms. The molecular formula is C19H21ClN2O4. The Morgan fingerprint density at radius 3 is 2.46 bits per heavy atom. The number of alkyl halides is 1. The minimum atomic E-state index is 0.183. The van der Waals surface area contributed by atoms with Gasteiger partial charge in [-0.15, -0.1) is 11.6 Å². The Morgan fingerprint density at radius 2 is 1.81 bits per heavy atom. The van der Waals surface area contributed by atoms with Gasteiger partial charge in [-0.25, -0.2) is 0 Å². The van der Waals surface area contributed by atoms with Crippen LogP contribution in [0.2, 0.25) is 0 Å². The second-order valence-corrected chi connectivity index (χ2v) is 6.08. The molecule has 0 bridgehead atoms. The van der Waals surface area contributed by atoms with Gasteiger partial charge in [-0.05, 0) is 30.2 Å². The fourth-order valence-electron chi connectivity index (χ4n) is 2.96. The Kier molecular flexibility index (Phi) is 5.32. The average molecular weight is 377 g/mol. The van der Waals surface area contributed by atoms with Gasteiger partial charge in [0.25, 0.3) is 0 Å². The normalized spacial score (nSPS) is 10.8. The number of aromatic amines is 1. The third-order valence-electron chi connectivity index (χ3n) is 4.15. The van der Waals surface area contributed by atoms with Crippen molar-refractivity contribution >= 4 is 34.0 Å². The molecule has 0 unspecified atom stereocenters. The Balaban J connectivity index is 2.06. The predicted octanol–water partition coefficient (Wildman–Crippen LogP) is 4.42. The third kappa shape index (κ3) is 3.32. The number of phenolic OH excluding ortho intramolecular Hbond substituents is 1. The second kappa shape index (κ2) is 7.66. The number of anilines is 2. The molecule has 7 heteroatoms. The van der Waals surface area contributed by atoms with E-state index in [-0.39, 0.29) is 5.75 Å². The van der Waals surface area contributed by atoms with Crippen molar-refractivity contribution in [1.82, 2.24) is 4.98 Å². The first-order valence-electron chi connectivity index (χ1n) is 8.07. The Hall–Kier alpha value is -2.73. The summed E-state index contributed by atoms with van der Waals surface area (Å²) < 4.78 is 16.3. The minimum absolute atomic E-state index is 0.183. The maximum Gasteiger partial charge on any atom is 0.205 e. The largest absolute Gasteiger partial charge is 0.508 e. The number of benzene rings is 2. The Bertz CT molecular complexity index is 924. The first-order chi connectivity index (χ1) is 12.6. The summed E-state index contributed by atoms with van der Waals surface area (Å²) in [5.41, 5.74) is 2.58. The molecule has 2 aromatic carbocycles. The first kappa shape index (κ1) is 18.1. The molecule has 0 aliphatic heterocycles. The van der Waals surface area contributed by atoms with Crippen molar-refractivity contribution in [1.29, 1.82) is 0 Å². The summed E-state index contributed by atoms with van der Waals surface area (Å²) in [5, 5.41) is 14.0. The van der Waals surface area contributed by atoms with E-state index in [1.165, 1.54) is 0 Å². The van der Waals surface area contributed by atoms with E-state index in [1.54, 1.807) is 33.5 Å². The van der Waals surface area contributed by atoms with Gasteiger partial charge in [-0.3, -0.25) is 0 Å². The van der Waals surface area contributed by atoms with Gasteiger partial charge in [0.05, 0.1) is 26.8 Å². The van der Waals surface area contributed by atoms with E-state index in [0.29, 0.717) is 29.5 Å². The average Bonchev–Trinajstić information content (AvgIpc) is 3.04. The zero-order chi connectivity index (χ0) is 18.7. The van der Waals surface area contributed by atoms with E-state index in [2.05, 4.69) is 10.3 Å². The SMILES string of the molecule is COc1cc2cc(Nc3cc(O)ccc3CCCl)[nH]c2c(OC)c1OC. The number of hydrogen-bond acceptors (Lipinski definition) is 5. The molecule has 1 heterocycles. The van der Waals surface area contributed by atoms with Gasteiger partial charge in [-0.1, -0.05) is 6.07 Å². The van der Waals surface area contributed by atoms with Crippen LogP contribution in [0.25, 0.3) is 10.9 Å². The van der Waals surface area contributed by atoms with E-state index < -0.39 is 0 Å². The molecule has 0 fully saturated rings. The lowest BCUT2D eigenvalue weighted by Crippen LogP contribution is -1.97. The van der Waals surface area contributed by atoms with Crippen LogP contribution in [0.1, 0.15) is 5.56 Å². The Morgan fingerprint density at radius 1 is 1.04 bits per heavy atom. The molecule has 0 atom stereocenters. The highest BCUT2D eigenvalue weighted by Crippen LogP contribution is 2.44. The van der Waals surface area contributed by atoms with Gasteiger partial charge in [0.2, 0.25) is 5.75 Å². The van der Waals surface area contributed by atoms with Crippen LogP contribution < -0.4 is 19.5 Å². The highest BCUT2D eigenvalue weighted by molar-refractivity contribution is 6.18. The first-order valence-corrected chi connectivity index (χ1v) is 8.61. The number of fused-ring (bicyclic) bond motifs is 1. The number of ether oxygens (including phenoxy) is 3. The van der Waals surface area contributed by atoms with E-state index in [9.17, 15) is 5.11 Å². The van der Waals surface area contributed by atoms with E-state index in [4.69, 9.17) is 25.8 Å². The summed E-state index contributed by atoms with van der Waals surface area (Å²) in [7, 11) is 4.73. The van der Waals surface area contributed by atoms with Crippen molar-refractivity contribution in [2.75, 3.05) is 32.5 Å². The number of aromatic nitrogens is 1. The number of aromatic hydroxyl groups is 1. The number of H-pyrrole nitrogens is 1. The monoisotopic (exact) mass is 376 g/mol. The van der Waals surface area contributed by atoms with E-state index >= 15 is 0 Å². The molecule has 3 rings (SSSR count). The molecule has 0 radical (unpaired) electrons. The minimum Gasteiger partial charge on any atom is -0.508 e. The number of phenols is 1. The molecule has 0 saturated heterocycles. The van der Waals surface area contributed by atoms with Crippen molar-refractivity contribution in [3.63, 3.8) is 0 Å². The molecule has 0 saturated carbocycles. The number of hydrogen-bond donors (Lipinski definition) is 3. The summed E-state index contributed by atoms with van der Waals surface area (Å²) in [6.45, 7) is 0. The standard InChI is InChI=1S/C19H21ClN2O4/c1-24-15-8-12-9-16(22-17(12)19(26-3)18(15)25-2)21-14-10-13(23)5-4-11(14)6-7-20/h4-5,8-10,21-23H,6-7H2,1-3H3.